The number of benzene rings is 1. The van der Waals surface area contributed by atoms with Crippen LogP contribution in [0.25, 0.3) is 0 Å². The number of nitrogens with two attached hydrogens (primary N) is 1. The van der Waals surface area contributed by atoms with E-state index in [2.05, 4.69) is 9.64 Å². The average Bonchev–Trinajstić information content (AvgIpc) is 2.28. The van der Waals surface area contributed by atoms with Gasteiger partial charge in [-0.3, -0.25) is 0 Å². The molecular formula is C12H18F2N2O. The number of nitrogens with zero attached hydrogens (tertiary/aromatic N) is 1. The third kappa shape index (κ3) is 4.66. The number of halogens is 2. The first-order valence-electron chi connectivity index (χ1n) is 5.51. The summed E-state index contributed by atoms with van der Waals surface area (Å²) in [7, 11) is 1.98. The predicted octanol–water partition coefficient (Wildman–Crippen LogP) is 2.24. The first-order valence-corrected chi connectivity index (χ1v) is 5.51. The van der Waals surface area contributed by atoms with Crippen LogP contribution in [0, 0.1) is 0 Å². The zero-order valence-corrected chi connectivity index (χ0v) is 10.1. The van der Waals surface area contributed by atoms with Crippen molar-refractivity contribution >= 4 is 0 Å². The number of likely N-dealkylation sites (N-methyl/N-ethyl adjacent to an activating group) is 1. The van der Waals surface area contributed by atoms with E-state index < -0.39 is 6.61 Å². The molecule has 0 saturated carbocycles. The predicted molar refractivity (Wildman–Crippen MR) is 63.2 cm³/mol. The lowest BCUT2D eigenvalue weighted by Gasteiger charge is -2.20. The van der Waals surface area contributed by atoms with Crippen molar-refractivity contribution in [2.24, 2.45) is 5.73 Å². The van der Waals surface area contributed by atoms with E-state index in [9.17, 15) is 8.78 Å². The highest BCUT2D eigenvalue weighted by Gasteiger charge is 2.09. The molecule has 96 valence electrons. The standard InChI is InChI=1S/C12H18F2N2O/c1-3-16(2)8-11(15)9-4-6-10(7-5-9)17-12(13)14/h4-7,11-12H,3,8,15H2,1-2H3. The van der Waals surface area contributed by atoms with E-state index in [0.717, 1.165) is 18.7 Å². The summed E-state index contributed by atoms with van der Waals surface area (Å²) in [5.41, 5.74) is 6.90. The Balaban J connectivity index is 2.60. The summed E-state index contributed by atoms with van der Waals surface area (Å²) in [6.45, 7) is 0.902. The van der Waals surface area contributed by atoms with Crippen LogP contribution in [0.3, 0.4) is 0 Å². The molecule has 5 heteroatoms. The van der Waals surface area contributed by atoms with Gasteiger partial charge in [0.1, 0.15) is 5.75 Å². The molecule has 0 saturated heterocycles. The van der Waals surface area contributed by atoms with Crippen molar-refractivity contribution in [3.05, 3.63) is 29.8 Å². The van der Waals surface area contributed by atoms with Gasteiger partial charge in [0.25, 0.3) is 0 Å². The summed E-state index contributed by atoms with van der Waals surface area (Å²) in [6, 6.07) is 6.32. The van der Waals surface area contributed by atoms with Gasteiger partial charge in [0.15, 0.2) is 0 Å². The average molecular weight is 244 g/mol. The Kier molecular flexibility index (Phi) is 5.31. The fourth-order valence-corrected chi connectivity index (χ4v) is 1.47. The first-order chi connectivity index (χ1) is 8.02. The maximum atomic E-state index is 11.9. The highest BCUT2D eigenvalue weighted by Crippen LogP contribution is 2.18. The normalized spacial score (nSPS) is 13.1. The molecule has 2 N–H and O–H groups in total. The molecule has 0 aromatic heterocycles. The molecule has 0 aliphatic heterocycles. The Morgan fingerprint density at radius 3 is 2.35 bits per heavy atom. The van der Waals surface area contributed by atoms with Gasteiger partial charge in [-0.25, -0.2) is 0 Å². The maximum absolute atomic E-state index is 11.9. The second-order valence-electron chi connectivity index (χ2n) is 3.91. The van der Waals surface area contributed by atoms with Crippen LogP contribution in [-0.4, -0.2) is 31.6 Å². The minimum absolute atomic E-state index is 0.124. The van der Waals surface area contributed by atoms with Gasteiger partial charge < -0.3 is 15.4 Å². The van der Waals surface area contributed by atoms with Crippen LogP contribution >= 0.6 is 0 Å². The smallest absolute Gasteiger partial charge is 0.387 e. The highest BCUT2D eigenvalue weighted by molar-refractivity contribution is 5.29. The van der Waals surface area contributed by atoms with Crippen molar-refractivity contribution in [1.82, 2.24) is 4.90 Å². The first kappa shape index (κ1) is 13.9. The van der Waals surface area contributed by atoms with Crippen molar-refractivity contribution in [2.45, 2.75) is 19.6 Å². The molecule has 17 heavy (non-hydrogen) atoms. The van der Waals surface area contributed by atoms with Crippen LogP contribution in [0.4, 0.5) is 8.78 Å². The van der Waals surface area contributed by atoms with Crippen molar-refractivity contribution in [3.63, 3.8) is 0 Å². The Morgan fingerprint density at radius 1 is 1.29 bits per heavy atom. The quantitative estimate of drug-likeness (QED) is 0.834. The molecule has 1 aromatic carbocycles. The lowest BCUT2D eigenvalue weighted by atomic mass is 10.1. The summed E-state index contributed by atoms with van der Waals surface area (Å²) in [5, 5.41) is 0. The van der Waals surface area contributed by atoms with Gasteiger partial charge in [-0.2, -0.15) is 8.78 Å². The van der Waals surface area contributed by atoms with Gasteiger partial charge in [0.05, 0.1) is 0 Å². The van der Waals surface area contributed by atoms with Crippen molar-refractivity contribution < 1.29 is 13.5 Å². The summed E-state index contributed by atoms with van der Waals surface area (Å²) in [5.74, 6) is 0.153. The molecule has 0 spiro atoms. The summed E-state index contributed by atoms with van der Waals surface area (Å²) in [6.07, 6.45) is 0. The van der Waals surface area contributed by atoms with Crippen molar-refractivity contribution in [2.75, 3.05) is 20.1 Å². The Bertz CT molecular complexity index is 330. The lowest BCUT2D eigenvalue weighted by Crippen LogP contribution is -2.28. The van der Waals surface area contributed by atoms with Gasteiger partial charge in [0.2, 0.25) is 0 Å². The minimum Gasteiger partial charge on any atom is -0.435 e. The van der Waals surface area contributed by atoms with Gasteiger partial charge >= 0.3 is 6.61 Å². The van der Waals surface area contributed by atoms with E-state index in [0.29, 0.717) is 0 Å². The van der Waals surface area contributed by atoms with Crippen LogP contribution < -0.4 is 10.5 Å². The molecule has 0 fully saturated rings. The zero-order valence-electron chi connectivity index (χ0n) is 10.1. The van der Waals surface area contributed by atoms with Crippen LogP contribution in [-0.2, 0) is 0 Å². The number of ether oxygens (including phenoxy) is 1. The second-order valence-corrected chi connectivity index (χ2v) is 3.91. The summed E-state index contributed by atoms with van der Waals surface area (Å²) in [4.78, 5) is 2.09. The van der Waals surface area contributed by atoms with E-state index in [1.54, 1.807) is 12.1 Å². The molecule has 0 amide bonds. The van der Waals surface area contributed by atoms with E-state index in [1.165, 1.54) is 12.1 Å². The monoisotopic (exact) mass is 244 g/mol. The molecule has 0 aliphatic carbocycles. The lowest BCUT2D eigenvalue weighted by molar-refractivity contribution is -0.0498. The van der Waals surface area contributed by atoms with Gasteiger partial charge in [-0.05, 0) is 31.3 Å². The number of rotatable bonds is 6. The van der Waals surface area contributed by atoms with Gasteiger partial charge in [-0.1, -0.05) is 19.1 Å². The Labute approximate surface area is 100 Å². The molecule has 0 aliphatic rings. The van der Waals surface area contributed by atoms with Crippen molar-refractivity contribution in [3.8, 4) is 5.75 Å². The molecule has 3 nitrogen and oxygen atoms in total. The minimum atomic E-state index is -2.79. The largest absolute Gasteiger partial charge is 0.435 e. The second kappa shape index (κ2) is 6.51. The summed E-state index contributed by atoms with van der Waals surface area (Å²) >= 11 is 0. The molecular weight excluding hydrogens is 226 g/mol. The summed E-state index contributed by atoms with van der Waals surface area (Å²) < 4.78 is 28.2. The highest BCUT2D eigenvalue weighted by atomic mass is 19.3. The van der Waals surface area contributed by atoms with Crippen LogP contribution in [0.1, 0.15) is 18.5 Å². The fraction of sp³-hybridized carbons (Fsp3) is 0.500. The van der Waals surface area contributed by atoms with E-state index in [4.69, 9.17) is 5.73 Å². The number of alkyl halides is 2. The SMILES string of the molecule is CCN(C)CC(N)c1ccc(OC(F)F)cc1. The molecule has 1 atom stereocenters. The molecule has 1 unspecified atom stereocenters. The third-order valence-corrected chi connectivity index (χ3v) is 2.58. The Hall–Kier alpha value is -1.20. The maximum Gasteiger partial charge on any atom is 0.387 e. The molecule has 1 aromatic rings. The van der Waals surface area contributed by atoms with E-state index >= 15 is 0 Å². The van der Waals surface area contributed by atoms with Crippen LogP contribution in [0.15, 0.2) is 24.3 Å². The van der Waals surface area contributed by atoms with Gasteiger partial charge in [0, 0.05) is 12.6 Å². The van der Waals surface area contributed by atoms with Crippen LogP contribution in [0.2, 0.25) is 0 Å². The topological polar surface area (TPSA) is 38.5 Å². The fourth-order valence-electron chi connectivity index (χ4n) is 1.47. The number of hydrogen-bond donors (Lipinski definition) is 1. The molecule has 0 heterocycles. The molecule has 1 rings (SSSR count). The third-order valence-electron chi connectivity index (χ3n) is 2.58. The molecule has 0 bridgehead atoms. The van der Waals surface area contributed by atoms with Gasteiger partial charge in [-0.15, -0.1) is 0 Å². The Morgan fingerprint density at radius 2 is 1.88 bits per heavy atom. The zero-order chi connectivity index (χ0) is 12.8. The van der Waals surface area contributed by atoms with E-state index in [-0.39, 0.29) is 11.8 Å². The van der Waals surface area contributed by atoms with Crippen LogP contribution in [0.5, 0.6) is 5.75 Å². The van der Waals surface area contributed by atoms with Crippen molar-refractivity contribution in [1.29, 1.82) is 0 Å². The number of hydrogen-bond acceptors (Lipinski definition) is 3. The van der Waals surface area contributed by atoms with E-state index in [1.807, 2.05) is 14.0 Å². The molecule has 0 radical (unpaired) electrons.